The van der Waals surface area contributed by atoms with Crippen LogP contribution in [-0.4, -0.2) is 15.0 Å². The number of benzene rings is 7. The third kappa shape index (κ3) is 5.70. The second-order valence-corrected chi connectivity index (χ2v) is 13.0. The first kappa shape index (κ1) is 33.2. The van der Waals surface area contributed by atoms with Gasteiger partial charge in [0.2, 0.25) is 0 Å². The predicted molar refractivity (Wildman–Crippen MR) is 210 cm³/mol. The molecule has 0 fully saturated rings. The monoisotopic (exact) mass is 715 g/mol. The number of aromatic nitrogens is 3. The van der Waals surface area contributed by atoms with Crippen molar-refractivity contribution in [2.75, 3.05) is 0 Å². The minimum absolute atomic E-state index is 0.163. The van der Waals surface area contributed by atoms with Gasteiger partial charge in [-0.05, 0) is 58.7 Å². The lowest BCUT2D eigenvalue weighted by Crippen LogP contribution is -2.00. The third-order valence-corrected chi connectivity index (χ3v) is 9.73. The summed E-state index contributed by atoms with van der Waals surface area (Å²) >= 11 is 0. The molecule has 0 aliphatic rings. The summed E-state index contributed by atoms with van der Waals surface area (Å²) in [5, 5.41) is 11.9. The average molecular weight is 716 g/mol. The van der Waals surface area contributed by atoms with Crippen LogP contribution in [0.4, 0.5) is 18.9 Å². The molecule has 0 aliphatic carbocycles. The molecule has 2 aromatic heterocycles. The van der Waals surface area contributed by atoms with Gasteiger partial charge in [0, 0.05) is 32.8 Å². The maximum absolute atomic E-state index is 14.7. The quantitative estimate of drug-likeness (QED) is 0.101. The number of nitrogens with zero attached hydrogens (tertiary/aromatic N) is 5. The van der Waals surface area contributed by atoms with Crippen molar-refractivity contribution in [3.63, 3.8) is 0 Å². The van der Waals surface area contributed by atoms with E-state index in [4.69, 9.17) is 21.5 Å². The fourth-order valence-electron chi connectivity index (χ4n) is 7.13. The minimum Gasteiger partial charge on any atom is -0.247 e. The van der Waals surface area contributed by atoms with Crippen LogP contribution < -0.4 is 0 Å². The topological polar surface area (TPSA) is 66.8 Å². The normalized spacial score (nSPS) is 11.1. The molecule has 8 heteroatoms. The van der Waals surface area contributed by atoms with Crippen molar-refractivity contribution >= 4 is 38.4 Å². The Kier molecular flexibility index (Phi) is 8.07. The second kappa shape index (κ2) is 13.4. The first-order valence-electron chi connectivity index (χ1n) is 17.3. The predicted octanol–water partition coefficient (Wildman–Crippen LogP) is 12.5. The van der Waals surface area contributed by atoms with E-state index in [9.17, 15) is 18.4 Å². The first-order chi connectivity index (χ1) is 26.9. The maximum atomic E-state index is 14.7. The molecular formula is C47H24F3N5. The van der Waals surface area contributed by atoms with Gasteiger partial charge in [-0.2, -0.15) is 5.26 Å². The smallest absolute Gasteiger partial charge is 0.194 e. The molecule has 7 aromatic carbocycles. The third-order valence-electron chi connectivity index (χ3n) is 9.73. The summed E-state index contributed by atoms with van der Waals surface area (Å²) < 4.78 is 43.5. The standard InChI is InChI=1S/C47H24F3N5/c1-52-32-21-19-30(20-22-32)43-44(29-17-15-27(26-51)16-18-29)55-47-41-35-13-7-8-14-40(35)53-45(37(41)25-36(46(47)54-43)28-9-3-2-4-10-28)34-12-6-5-11-33(34)31-23-38(48)42(50)39(49)24-31/h2-25H. The lowest BCUT2D eigenvalue weighted by Gasteiger charge is -2.19. The molecule has 0 spiro atoms. The summed E-state index contributed by atoms with van der Waals surface area (Å²) in [6, 6.07) is 45.2. The van der Waals surface area contributed by atoms with Crippen LogP contribution in [0.15, 0.2) is 146 Å². The summed E-state index contributed by atoms with van der Waals surface area (Å²) in [5.74, 6) is -4.11. The highest BCUT2D eigenvalue weighted by atomic mass is 19.2. The van der Waals surface area contributed by atoms with Crippen LogP contribution in [0.5, 0.6) is 0 Å². The molecule has 55 heavy (non-hydrogen) atoms. The number of nitriles is 1. The van der Waals surface area contributed by atoms with Gasteiger partial charge in [-0.25, -0.2) is 33.0 Å². The molecule has 258 valence electrons. The van der Waals surface area contributed by atoms with Crippen LogP contribution in [0.1, 0.15) is 5.56 Å². The Labute approximate surface area is 313 Å². The largest absolute Gasteiger partial charge is 0.247 e. The number of para-hydroxylation sites is 1. The lowest BCUT2D eigenvalue weighted by molar-refractivity contribution is 0.448. The molecule has 5 nitrogen and oxygen atoms in total. The summed E-state index contributed by atoms with van der Waals surface area (Å²) in [6.45, 7) is 7.49. The van der Waals surface area contributed by atoms with Crippen molar-refractivity contribution in [3.05, 3.63) is 180 Å². The molecule has 0 atom stereocenters. The molecule has 0 radical (unpaired) electrons. The highest BCUT2D eigenvalue weighted by Crippen LogP contribution is 2.44. The van der Waals surface area contributed by atoms with Gasteiger partial charge in [0.15, 0.2) is 23.1 Å². The molecule has 0 amide bonds. The van der Waals surface area contributed by atoms with E-state index in [-0.39, 0.29) is 5.56 Å². The Hall–Kier alpha value is -7.68. The van der Waals surface area contributed by atoms with E-state index in [2.05, 4.69) is 10.9 Å². The van der Waals surface area contributed by atoms with E-state index < -0.39 is 17.5 Å². The molecular weight excluding hydrogens is 692 g/mol. The van der Waals surface area contributed by atoms with Crippen molar-refractivity contribution in [2.24, 2.45) is 0 Å². The minimum atomic E-state index is -1.53. The number of rotatable bonds is 5. The summed E-state index contributed by atoms with van der Waals surface area (Å²) in [5.41, 5.74) is 8.91. The van der Waals surface area contributed by atoms with Gasteiger partial charge in [-0.1, -0.05) is 109 Å². The van der Waals surface area contributed by atoms with Gasteiger partial charge in [0.05, 0.1) is 51.8 Å². The second-order valence-electron chi connectivity index (χ2n) is 13.0. The van der Waals surface area contributed by atoms with E-state index >= 15 is 0 Å². The van der Waals surface area contributed by atoms with Gasteiger partial charge in [-0.15, -0.1) is 0 Å². The van der Waals surface area contributed by atoms with Crippen LogP contribution in [0.25, 0.3) is 93.6 Å². The summed E-state index contributed by atoms with van der Waals surface area (Å²) in [4.78, 5) is 19.6. The van der Waals surface area contributed by atoms with Crippen LogP contribution in [0, 0.1) is 35.4 Å². The Morgan fingerprint density at radius 3 is 1.78 bits per heavy atom. The number of halogens is 3. The first-order valence-corrected chi connectivity index (χ1v) is 17.3. The highest BCUT2D eigenvalue weighted by molar-refractivity contribution is 6.24. The average Bonchev–Trinajstić information content (AvgIpc) is 3.24. The van der Waals surface area contributed by atoms with Gasteiger partial charge >= 0.3 is 0 Å². The Morgan fingerprint density at radius 2 is 1.11 bits per heavy atom. The molecule has 0 N–H and O–H groups in total. The van der Waals surface area contributed by atoms with E-state index in [0.717, 1.165) is 50.5 Å². The number of hydrogen-bond acceptors (Lipinski definition) is 4. The summed E-state index contributed by atoms with van der Waals surface area (Å²) in [7, 11) is 0. The number of fused-ring (bicyclic) bond motifs is 5. The maximum Gasteiger partial charge on any atom is 0.194 e. The lowest BCUT2D eigenvalue weighted by atomic mass is 9.90. The van der Waals surface area contributed by atoms with Crippen LogP contribution in [0.2, 0.25) is 0 Å². The molecule has 2 heterocycles. The van der Waals surface area contributed by atoms with Gasteiger partial charge < -0.3 is 0 Å². The van der Waals surface area contributed by atoms with E-state index in [0.29, 0.717) is 56.0 Å². The fourth-order valence-corrected chi connectivity index (χ4v) is 7.13. The fraction of sp³-hybridized carbons (Fsp3) is 0. The Bertz CT molecular complexity index is 3050. The highest BCUT2D eigenvalue weighted by Gasteiger charge is 2.23. The van der Waals surface area contributed by atoms with Crippen LogP contribution in [0.3, 0.4) is 0 Å². The molecule has 0 aliphatic heterocycles. The van der Waals surface area contributed by atoms with Gasteiger partial charge in [0.1, 0.15) is 0 Å². The zero-order chi connectivity index (χ0) is 37.6. The zero-order valence-electron chi connectivity index (χ0n) is 28.7. The molecule has 9 rings (SSSR count). The summed E-state index contributed by atoms with van der Waals surface area (Å²) in [6.07, 6.45) is 0. The van der Waals surface area contributed by atoms with Crippen molar-refractivity contribution in [1.29, 1.82) is 5.26 Å². The van der Waals surface area contributed by atoms with E-state index in [1.807, 2.05) is 97.1 Å². The number of hydrogen-bond donors (Lipinski definition) is 0. The van der Waals surface area contributed by atoms with Crippen molar-refractivity contribution < 1.29 is 13.2 Å². The number of pyridine rings is 1. The molecule has 9 aromatic rings. The van der Waals surface area contributed by atoms with Crippen molar-refractivity contribution in [2.45, 2.75) is 0 Å². The molecule has 0 saturated heterocycles. The van der Waals surface area contributed by atoms with Crippen LogP contribution in [-0.2, 0) is 0 Å². The van der Waals surface area contributed by atoms with E-state index in [1.54, 1.807) is 36.4 Å². The van der Waals surface area contributed by atoms with Crippen molar-refractivity contribution in [3.8, 4) is 62.1 Å². The Balaban J connectivity index is 1.45. The molecule has 0 unspecified atom stereocenters. The zero-order valence-corrected chi connectivity index (χ0v) is 28.7. The van der Waals surface area contributed by atoms with Gasteiger partial charge in [0.25, 0.3) is 0 Å². The SMILES string of the molecule is [C-]#[N+]c1ccc(-c2nc3c(-c4ccccc4)cc4c(-c5ccccc5-c5cc(F)c(F)c(F)c5)nc5ccccc5c4c3nc2-c2ccc(C#N)cc2)cc1. The Morgan fingerprint density at radius 1 is 0.509 bits per heavy atom. The van der Waals surface area contributed by atoms with Crippen molar-refractivity contribution in [1.82, 2.24) is 15.0 Å². The van der Waals surface area contributed by atoms with Gasteiger partial charge in [-0.3, -0.25) is 0 Å². The molecule has 0 bridgehead atoms. The molecule has 0 saturated carbocycles. The van der Waals surface area contributed by atoms with E-state index in [1.165, 1.54) is 0 Å². The van der Waals surface area contributed by atoms with Crippen LogP contribution >= 0.6 is 0 Å².